The second-order valence-electron chi connectivity index (χ2n) is 20.8. The Labute approximate surface area is 456 Å². The predicted molar refractivity (Wildman–Crippen MR) is 335 cm³/mol. The van der Waals surface area contributed by atoms with Crippen LogP contribution in [0.4, 0.5) is 17.1 Å². The molecule has 16 aromatic rings. The molecule has 0 unspecified atom stereocenters. The van der Waals surface area contributed by atoms with Crippen LogP contribution in [-0.4, -0.2) is 4.57 Å². The molecule has 0 atom stereocenters. The van der Waals surface area contributed by atoms with Crippen molar-refractivity contribution in [1.82, 2.24) is 4.57 Å². The molecule has 0 amide bonds. The van der Waals surface area contributed by atoms with E-state index in [1.807, 2.05) is 6.07 Å². The van der Waals surface area contributed by atoms with Gasteiger partial charge in [0.25, 0.3) is 0 Å². The van der Waals surface area contributed by atoms with E-state index in [0.29, 0.717) is 0 Å². The summed E-state index contributed by atoms with van der Waals surface area (Å²) in [7, 11) is 0. The lowest BCUT2D eigenvalue weighted by Crippen LogP contribution is -2.10. The van der Waals surface area contributed by atoms with Gasteiger partial charge in [0.1, 0.15) is 5.58 Å². The number of fused-ring (bicyclic) bond motifs is 13. The maximum Gasteiger partial charge on any atom is 0.159 e. The lowest BCUT2D eigenvalue weighted by Gasteiger charge is -2.26. The normalized spacial score (nSPS) is 11.8. The van der Waals surface area contributed by atoms with Crippen molar-refractivity contribution < 1.29 is 4.42 Å². The summed E-state index contributed by atoms with van der Waals surface area (Å²) in [6, 6.07) is 106. The van der Waals surface area contributed by atoms with Crippen molar-refractivity contribution in [3.8, 4) is 50.2 Å². The summed E-state index contributed by atoms with van der Waals surface area (Å²) in [6.45, 7) is 0. The van der Waals surface area contributed by atoms with Crippen LogP contribution in [-0.2, 0) is 0 Å². The first-order valence-corrected chi connectivity index (χ1v) is 27.1. The van der Waals surface area contributed by atoms with Crippen LogP contribution >= 0.6 is 0 Å². The van der Waals surface area contributed by atoms with Crippen molar-refractivity contribution in [2.24, 2.45) is 0 Å². The Balaban J connectivity index is 0.852. The number of furan rings is 1. The van der Waals surface area contributed by atoms with Crippen molar-refractivity contribution in [3.63, 3.8) is 0 Å². The highest BCUT2D eigenvalue weighted by atomic mass is 16.3. The molecular formula is C76H48N2O. The van der Waals surface area contributed by atoms with E-state index >= 15 is 0 Å². The molecule has 0 saturated heterocycles. The average molecular weight is 1010 g/mol. The third kappa shape index (κ3) is 7.35. The molecule has 2 aromatic heterocycles. The van der Waals surface area contributed by atoms with Crippen LogP contribution in [0.1, 0.15) is 0 Å². The molecule has 14 aromatic carbocycles. The highest BCUT2D eigenvalue weighted by Gasteiger charge is 2.22. The predicted octanol–water partition coefficient (Wildman–Crippen LogP) is 21.4. The monoisotopic (exact) mass is 1000 g/mol. The molecule has 3 nitrogen and oxygen atoms in total. The lowest BCUT2D eigenvalue weighted by molar-refractivity contribution is 0.669. The number of aromatic nitrogens is 1. The molecule has 368 valence electrons. The van der Waals surface area contributed by atoms with Gasteiger partial charge in [0.15, 0.2) is 5.58 Å². The van der Waals surface area contributed by atoms with E-state index in [1.165, 1.54) is 87.2 Å². The van der Waals surface area contributed by atoms with E-state index in [1.54, 1.807) is 0 Å². The van der Waals surface area contributed by atoms with Crippen molar-refractivity contribution >= 4 is 104 Å². The first kappa shape index (κ1) is 44.8. The van der Waals surface area contributed by atoms with E-state index in [9.17, 15) is 0 Å². The van der Waals surface area contributed by atoms with Gasteiger partial charge in [0, 0.05) is 38.5 Å². The second-order valence-corrected chi connectivity index (χ2v) is 20.8. The van der Waals surface area contributed by atoms with Crippen LogP contribution < -0.4 is 4.90 Å². The van der Waals surface area contributed by atoms with Gasteiger partial charge >= 0.3 is 0 Å². The van der Waals surface area contributed by atoms with Crippen LogP contribution in [0, 0.1) is 0 Å². The molecular weight excluding hydrogens is 957 g/mol. The summed E-state index contributed by atoms with van der Waals surface area (Å²) in [4.78, 5) is 2.33. The van der Waals surface area contributed by atoms with Crippen molar-refractivity contribution in [1.29, 1.82) is 0 Å². The first-order chi connectivity index (χ1) is 39.2. The van der Waals surface area contributed by atoms with Crippen LogP contribution in [0.15, 0.2) is 296 Å². The molecule has 3 heteroatoms. The Bertz CT molecular complexity index is 5030. The Morgan fingerprint density at radius 3 is 1.43 bits per heavy atom. The standard InChI is InChI=1S/C76H48N2O/c1-2-15-49(16-3-1)51-31-38-58(39-32-51)77(74-27-14-25-67-66-24-11-13-28-75(66)79-76(67)74)59-40-33-52(34-41-59)55-36-43-72-69(46-55)70-47-56(54-30-29-50-17-4-5-18-53(50)45-54)37-44-73(70)78(72)71-26-12-10-19-60(71)57-35-42-65-63-22-7-6-20-61(63)62-21-8-9-23-64(62)68(65)48-57/h1-48H. The fourth-order valence-electron chi connectivity index (χ4n) is 12.6. The van der Waals surface area contributed by atoms with Crippen molar-refractivity contribution in [2.45, 2.75) is 0 Å². The van der Waals surface area contributed by atoms with Gasteiger partial charge in [-0.15, -0.1) is 0 Å². The smallest absolute Gasteiger partial charge is 0.159 e. The van der Waals surface area contributed by atoms with Crippen LogP contribution in [0.5, 0.6) is 0 Å². The topological polar surface area (TPSA) is 21.3 Å². The number of nitrogens with zero attached hydrogens (tertiary/aromatic N) is 2. The Morgan fingerprint density at radius 2 is 0.734 bits per heavy atom. The highest BCUT2D eigenvalue weighted by Crippen LogP contribution is 2.45. The molecule has 0 aliphatic heterocycles. The third-order valence-electron chi connectivity index (χ3n) is 16.4. The van der Waals surface area contributed by atoms with Crippen molar-refractivity contribution in [3.05, 3.63) is 291 Å². The molecule has 0 N–H and O–H groups in total. The number of para-hydroxylation sites is 3. The van der Waals surface area contributed by atoms with Crippen LogP contribution in [0.2, 0.25) is 0 Å². The number of benzene rings is 14. The summed E-state index contributed by atoms with van der Waals surface area (Å²) in [5.74, 6) is 0. The third-order valence-corrected chi connectivity index (χ3v) is 16.4. The van der Waals surface area contributed by atoms with Gasteiger partial charge in [0.2, 0.25) is 0 Å². The largest absolute Gasteiger partial charge is 0.454 e. The van der Waals surface area contributed by atoms with Crippen LogP contribution in [0.3, 0.4) is 0 Å². The zero-order chi connectivity index (χ0) is 52.0. The summed E-state index contributed by atoms with van der Waals surface area (Å²) in [5, 5.41) is 14.7. The molecule has 0 saturated carbocycles. The van der Waals surface area contributed by atoms with Crippen molar-refractivity contribution in [2.75, 3.05) is 4.90 Å². The van der Waals surface area contributed by atoms with Gasteiger partial charge in [-0.2, -0.15) is 0 Å². The van der Waals surface area contributed by atoms with Gasteiger partial charge < -0.3 is 13.9 Å². The minimum atomic E-state index is 0.856. The number of hydrogen-bond acceptors (Lipinski definition) is 2. The Morgan fingerprint density at radius 1 is 0.266 bits per heavy atom. The second kappa shape index (κ2) is 18.1. The van der Waals surface area contributed by atoms with E-state index in [0.717, 1.165) is 66.8 Å². The summed E-state index contributed by atoms with van der Waals surface area (Å²) < 4.78 is 9.18. The van der Waals surface area contributed by atoms with Gasteiger partial charge in [-0.3, -0.25) is 0 Å². The molecule has 0 aliphatic carbocycles. The zero-order valence-electron chi connectivity index (χ0n) is 43.0. The van der Waals surface area contributed by atoms with Gasteiger partial charge in [-0.25, -0.2) is 0 Å². The minimum absolute atomic E-state index is 0.856. The summed E-state index contributed by atoms with van der Waals surface area (Å²) in [6.07, 6.45) is 0. The van der Waals surface area contributed by atoms with E-state index in [-0.39, 0.29) is 0 Å². The number of anilines is 3. The molecule has 79 heavy (non-hydrogen) atoms. The van der Waals surface area contributed by atoms with Gasteiger partial charge in [0.05, 0.1) is 22.4 Å². The zero-order valence-corrected chi connectivity index (χ0v) is 43.0. The fraction of sp³-hybridized carbons (Fsp3) is 0. The number of rotatable bonds is 8. The molecule has 0 bridgehead atoms. The molecule has 2 heterocycles. The van der Waals surface area contributed by atoms with Gasteiger partial charge in [-0.1, -0.05) is 212 Å². The first-order valence-electron chi connectivity index (χ1n) is 27.1. The van der Waals surface area contributed by atoms with E-state index in [2.05, 4.69) is 295 Å². The molecule has 0 fully saturated rings. The average Bonchev–Trinajstić information content (AvgIpc) is 4.26. The fourth-order valence-corrected chi connectivity index (χ4v) is 12.6. The maximum atomic E-state index is 6.69. The summed E-state index contributed by atoms with van der Waals surface area (Å²) >= 11 is 0. The molecule has 0 aliphatic rings. The molecule has 0 spiro atoms. The van der Waals surface area contributed by atoms with E-state index < -0.39 is 0 Å². The SMILES string of the molecule is c1ccc(-c2ccc(N(c3ccc(-c4ccc5c(c4)c4cc(-c6ccc7ccccc7c6)ccc4n5-c4ccccc4-c4ccc5c6ccccc6c6ccccc6c5c4)cc3)c3cccc4c3oc3ccccc34)cc2)cc1. The minimum Gasteiger partial charge on any atom is -0.454 e. The quantitative estimate of drug-likeness (QED) is 0.142. The van der Waals surface area contributed by atoms with Gasteiger partial charge in [-0.05, 0) is 161 Å². The summed E-state index contributed by atoms with van der Waals surface area (Å²) in [5.41, 5.74) is 17.6. The number of hydrogen-bond donors (Lipinski definition) is 0. The Kier molecular flexibility index (Phi) is 10.3. The maximum absolute atomic E-state index is 6.69. The van der Waals surface area contributed by atoms with Crippen LogP contribution in [0.25, 0.3) is 137 Å². The van der Waals surface area contributed by atoms with E-state index in [4.69, 9.17) is 4.42 Å². The Hall–Kier alpha value is -10.5. The molecule has 16 rings (SSSR count). The highest BCUT2D eigenvalue weighted by molar-refractivity contribution is 6.26. The lowest BCUT2D eigenvalue weighted by atomic mass is 9.92. The molecule has 0 radical (unpaired) electrons.